The van der Waals surface area contributed by atoms with Crippen LogP contribution in [-0.4, -0.2) is 38.3 Å². The van der Waals surface area contributed by atoms with Crippen LogP contribution in [0.1, 0.15) is 37.7 Å². The molecule has 1 aliphatic heterocycles. The molecule has 1 aromatic carbocycles. The minimum Gasteiger partial charge on any atom is -0.368 e. The van der Waals surface area contributed by atoms with E-state index in [1.165, 1.54) is 12.0 Å². The second-order valence-corrected chi connectivity index (χ2v) is 6.63. The van der Waals surface area contributed by atoms with Crippen molar-refractivity contribution in [3.63, 3.8) is 0 Å². The van der Waals surface area contributed by atoms with Gasteiger partial charge in [-0.1, -0.05) is 36.8 Å². The second kappa shape index (κ2) is 7.65. The van der Waals surface area contributed by atoms with Crippen molar-refractivity contribution in [3.8, 4) is 0 Å². The zero-order valence-electron chi connectivity index (χ0n) is 13.8. The zero-order chi connectivity index (χ0) is 15.5. The SMILES string of the molecule is COC1(C(=O)NCC2(c3ccccc3)CCC2)CCNCC1.Cl. The Morgan fingerprint density at radius 1 is 1.17 bits per heavy atom. The van der Waals surface area contributed by atoms with Crippen molar-refractivity contribution in [2.24, 2.45) is 0 Å². The first-order chi connectivity index (χ1) is 10.7. The number of hydrogen-bond acceptors (Lipinski definition) is 3. The number of halogens is 1. The second-order valence-electron chi connectivity index (χ2n) is 6.63. The molecular weight excluding hydrogens is 312 g/mol. The van der Waals surface area contributed by atoms with Crippen LogP contribution in [0.3, 0.4) is 0 Å². The number of nitrogens with one attached hydrogen (secondary N) is 2. The van der Waals surface area contributed by atoms with Crippen LogP contribution in [-0.2, 0) is 14.9 Å². The molecule has 0 spiro atoms. The normalized spacial score (nSPS) is 21.6. The molecule has 1 amide bonds. The van der Waals surface area contributed by atoms with E-state index in [1.807, 2.05) is 6.07 Å². The summed E-state index contributed by atoms with van der Waals surface area (Å²) >= 11 is 0. The van der Waals surface area contributed by atoms with Gasteiger partial charge >= 0.3 is 0 Å². The molecule has 2 fully saturated rings. The van der Waals surface area contributed by atoms with Crippen molar-refractivity contribution in [1.29, 1.82) is 0 Å². The smallest absolute Gasteiger partial charge is 0.252 e. The largest absolute Gasteiger partial charge is 0.368 e. The number of carbonyl (C=O) groups is 1. The highest BCUT2D eigenvalue weighted by Crippen LogP contribution is 2.43. The Hall–Kier alpha value is -1.10. The number of piperidine rings is 1. The van der Waals surface area contributed by atoms with Gasteiger partial charge in [0, 0.05) is 19.1 Å². The predicted octanol–water partition coefficient (Wildman–Crippen LogP) is 2.41. The quantitative estimate of drug-likeness (QED) is 0.867. The topological polar surface area (TPSA) is 50.4 Å². The third-order valence-electron chi connectivity index (χ3n) is 5.50. The highest BCUT2D eigenvalue weighted by atomic mass is 35.5. The summed E-state index contributed by atoms with van der Waals surface area (Å²) in [6.07, 6.45) is 5.03. The van der Waals surface area contributed by atoms with Crippen molar-refractivity contribution >= 4 is 18.3 Å². The summed E-state index contributed by atoms with van der Waals surface area (Å²) < 4.78 is 5.61. The molecule has 1 saturated carbocycles. The summed E-state index contributed by atoms with van der Waals surface area (Å²) in [4.78, 5) is 12.7. The van der Waals surface area contributed by atoms with E-state index in [0.29, 0.717) is 6.54 Å². The van der Waals surface area contributed by atoms with Crippen molar-refractivity contribution in [2.45, 2.75) is 43.1 Å². The van der Waals surface area contributed by atoms with Crippen LogP contribution in [0.4, 0.5) is 0 Å². The Morgan fingerprint density at radius 2 is 1.83 bits per heavy atom. The molecule has 4 nitrogen and oxygen atoms in total. The summed E-state index contributed by atoms with van der Waals surface area (Å²) in [5.41, 5.74) is 0.823. The molecule has 1 heterocycles. The van der Waals surface area contributed by atoms with Gasteiger partial charge in [0.05, 0.1) is 0 Å². The fraction of sp³-hybridized carbons (Fsp3) is 0.611. The molecule has 1 aliphatic carbocycles. The highest BCUT2D eigenvalue weighted by Gasteiger charge is 2.43. The van der Waals surface area contributed by atoms with Crippen LogP contribution in [0.25, 0.3) is 0 Å². The van der Waals surface area contributed by atoms with E-state index in [9.17, 15) is 4.79 Å². The molecule has 0 bridgehead atoms. The number of methoxy groups -OCH3 is 1. The van der Waals surface area contributed by atoms with Crippen LogP contribution < -0.4 is 10.6 Å². The van der Waals surface area contributed by atoms with Gasteiger partial charge in [0.15, 0.2) is 0 Å². The number of amides is 1. The van der Waals surface area contributed by atoms with E-state index in [0.717, 1.165) is 38.8 Å². The Labute approximate surface area is 144 Å². The minimum atomic E-state index is -0.646. The molecule has 0 aromatic heterocycles. The lowest BCUT2D eigenvalue weighted by atomic mass is 9.64. The molecule has 128 valence electrons. The van der Waals surface area contributed by atoms with E-state index >= 15 is 0 Å². The fourth-order valence-corrected chi connectivity index (χ4v) is 3.73. The Balaban J connectivity index is 0.00000192. The monoisotopic (exact) mass is 338 g/mol. The molecule has 0 unspecified atom stereocenters. The van der Waals surface area contributed by atoms with Gasteiger partial charge in [0.2, 0.25) is 0 Å². The van der Waals surface area contributed by atoms with Crippen molar-refractivity contribution < 1.29 is 9.53 Å². The van der Waals surface area contributed by atoms with Gasteiger partial charge in [-0.25, -0.2) is 0 Å². The minimum absolute atomic E-state index is 0. The molecule has 0 radical (unpaired) electrons. The molecule has 2 N–H and O–H groups in total. The average molecular weight is 339 g/mol. The van der Waals surface area contributed by atoms with Gasteiger partial charge in [0.1, 0.15) is 5.60 Å². The van der Waals surface area contributed by atoms with Crippen LogP contribution >= 0.6 is 12.4 Å². The number of carbonyl (C=O) groups excluding carboxylic acids is 1. The van der Waals surface area contributed by atoms with Crippen molar-refractivity contribution in [1.82, 2.24) is 10.6 Å². The predicted molar refractivity (Wildman–Crippen MR) is 94.1 cm³/mol. The number of benzene rings is 1. The molecule has 1 aromatic rings. The third-order valence-corrected chi connectivity index (χ3v) is 5.50. The highest BCUT2D eigenvalue weighted by molar-refractivity contribution is 5.85. The molecule has 2 aliphatic rings. The molecule has 1 saturated heterocycles. The standard InChI is InChI=1S/C18H26N2O2.ClH/c1-22-18(10-12-19-13-11-18)16(21)20-14-17(8-5-9-17)15-6-3-2-4-7-15;/h2-4,6-7,19H,5,8-14H2,1H3,(H,20,21);1H. The van der Waals surface area contributed by atoms with Gasteiger partial charge in [-0.3, -0.25) is 4.79 Å². The lowest BCUT2D eigenvalue weighted by molar-refractivity contribution is -0.147. The summed E-state index contributed by atoms with van der Waals surface area (Å²) in [5.74, 6) is 0.0544. The first kappa shape index (κ1) is 18.2. The van der Waals surface area contributed by atoms with Crippen LogP contribution in [0.5, 0.6) is 0 Å². The van der Waals surface area contributed by atoms with Crippen LogP contribution in [0.2, 0.25) is 0 Å². The van der Waals surface area contributed by atoms with E-state index in [-0.39, 0.29) is 23.7 Å². The van der Waals surface area contributed by atoms with Gasteiger partial charge in [-0.05, 0) is 44.3 Å². The fourth-order valence-electron chi connectivity index (χ4n) is 3.73. The van der Waals surface area contributed by atoms with Gasteiger partial charge in [-0.2, -0.15) is 0 Å². The van der Waals surface area contributed by atoms with Crippen LogP contribution in [0.15, 0.2) is 30.3 Å². The number of hydrogen-bond donors (Lipinski definition) is 2. The maximum atomic E-state index is 12.7. The Bertz CT molecular complexity index is 511. The first-order valence-electron chi connectivity index (χ1n) is 8.31. The van der Waals surface area contributed by atoms with Crippen LogP contribution in [0, 0.1) is 0 Å². The zero-order valence-corrected chi connectivity index (χ0v) is 14.6. The molecule has 5 heteroatoms. The van der Waals surface area contributed by atoms with Crippen molar-refractivity contribution in [2.75, 3.05) is 26.7 Å². The average Bonchev–Trinajstić information content (AvgIpc) is 2.55. The lowest BCUT2D eigenvalue weighted by Crippen LogP contribution is -2.56. The van der Waals surface area contributed by atoms with Crippen molar-refractivity contribution in [3.05, 3.63) is 35.9 Å². The first-order valence-corrected chi connectivity index (χ1v) is 8.31. The summed E-state index contributed by atoms with van der Waals surface area (Å²) in [5, 5.41) is 6.48. The van der Waals surface area contributed by atoms with Gasteiger partial charge in [-0.15, -0.1) is 12.4 Å². The van der Waals surface area contributed by atoms with Gasteiger partial charge in [0.25, 0.3) is 5.91 Å². The van der Waals surface area contributed by atoms with Gasteiger partial charge < -0.3 is 15.4 Å². The molecule has 3 rings (SSSR count). The molecule has 23 heavy (non-hydrogen) atoms. The number of rotatable bonds is 5. The Morgan fingerprint density at radius 3 is 2.35 bits per heavy atom. The third kappa shape index (κ3) is 3.54. The maximum absolute atomic E-state index is 12.7. The van der Waals surface area contributed by atoms with E-state index in [2.05, 4.69) is 34.9 Å². The lowest BCUT2D eigenvalue weighted by Gasteiger charge is -2.44. The summed E-state index contributed by atoms with van der Waals surface area (Å²) in [7, 11) is 1.65. The summed E-state index contributed by atoms with van der Waals surface area (Å²) in [6.45, 7) is 2.39. The van der Waals surface area contributed by atoms with E-state index < -0.39 is 5.60 Å². The molecular formula is C18H27ClN2O2. The van der Waals surface area contributed by atoms with E-state index in [1.54, 1.807) is 7.11 Å². The number of ether oxygens (including phenoxy) is 1. The Kier molecular flexibility index (Phi) is 6.06. The maximum Gasteiger partial charge on any atom is 0.252 e. The van der Waals surface area contributed by atoms with E-state index in [4.69, 9.17) is 4.74 Å². The summed E-state index contributed by atoms with van der Waals surface area (Å²) in [6, 6.07) is 10.6. The molecule has 0 atom stereocenters.